The molecule has 1 heterocycles. The first kappa shape index (κ1) is 18.4. The van der Waals surface area contributed by atoms with E-state index in [9.17, 15) is 4.79 Å². The van der Waals surface area contributed by atoms with E-state index in [-0.39, 0.29) is 24.4 Å². The second-order valence-electron chi connectivity index (χ2n) is 4.79. The summed E-state index contributed by atoms with van der Waals surface area (Å²) in [5.41, 5.74) is 5.66. The molecule has 2 rings (SSSR count). The lowest BCUT2D eigenvalue weighted by molar-refractivity contribution is -0.132. The number of hydrogen-bond acceptors (Lipinski definition) is 3. The van der Waals surface area contributed by atoms with E-state index in [0.717, 1.165) is 19.4 Å². The second kappa shape index (κ2) is 8.69. The number of nitrogens with zero attached hydrogens (tertiary/aromatic N) is 1. The number of likely N-dealkylation sites (tertiary alicyclic amines) is 1. The van der Waals surface area contributed by atoms with Crippen molar-refractivity contribution in [3.8, 4) is 5.75 Å². The summed E-state index contributed by atoms with van der Waals surface area (Å²) in [5.74, 6) is 0.628. The molecule has 0 bridgehead atoms. The Kier molecular flexibility index (Phi) is 7.60. The molecule has 1 fully saturated rings. The predicted octanol–water partition coefficient (Wildman–Crippen LogP) is 3.13. The first-order chi connectivity index (χ1) is 9.61. The molecule has 1 aliphatic heterocycles. The van der Waals surface area contributed by atoms with Gasteiger partial charge < -0.3 is 15.4 Å². The van der Waals surface area contributed by atoms with Gasteiger partial charge in [0.25, 0.3) is 0 Å². The Morgan fingerprint density at radius 1 is 1.43 bits per heavy atom. The molecular formula is C14H19Cl3N2O2. The average Bonchev–Trinajstić information content (AvgIpc) is 2.89. The molecule has 1 saturated heterocycles. The minimum atomic E-state index is 0. The Bertz CT molecular complexity index is 485. The molecule has 2 N–H and O–H groups in total. The molecule has 0 radical (unpaired) electrons. The zero-order chi connectivity index (χ0) is 14.5. The summed E-state index contributed by atoms with van der Waals surface area (Å²) in [6.07, 6.45) is 2.35. The molecule has 1 atom stereocenters. The molecule has 1 amide bonds. The van der Waals surface area contributed by atoms with E-state index >= 15 is 0 Å². The molecular weight excluding hydrogens is 335 g/mol. The van der Waals surface area contributed by atoms with Gasteiger partial charge in [0.1, 0.15) is 5.75 Å². The van der Waals surface area contributed by atoms with Crippen LogP contribution in [0.5, 0.6) is 5.75 Å². The fourth-order valence-electron chi connectivity index (χ4n) is 2.39. The Balaban J connectivity index is 0.00000220. The molecule has 1 aromatic carbocycles. The number of carbonyl (C=O) groups excluding carboxylic acids is 1. The van der Waals surface area contributed by atoms with Crippen molar-refractivity contribution in [2.75, 3.05) is 19.7 Å². The predicted molar refractivity (Wildman–Crippen MR) is 87.6 cm³/mol. The minimum Gasteiger partial charge on any atom is -0.491 e. The number of nitrogens with two attached hydrogens (primary N) is 1. The standard InChI is InChI=1S/C14H18Cl2N2O2.ClH/c15-10-3-4-13(12(16)8-10)20-7-5-14(19)18-6-1-2-11(18)9-17;/h3-4,8,11H,1-2,5-7,9,17H2;1H. The molecule has 0 aliphatic carbocycles. The Labute approximate surface area is 140 Å². The van der Waals surface area contributed by atoms with Crippen LogP contribution < -0.4 is 10.5 Å². The van der Waals surface area contributed by atoms with Gasteiger partial charge in [0, 0.05) is 24.2 Å². The van der Waals surface area contributed by atoms with Gasteiger partial charge in [0.15, 0.2) is 0 Å². The van der Waals surface area contributed by atoms with E-state index < -0.39 is 0 Å². The zero-order valence-electron chi connectivity index (χ0n) is 11.6. The van der Waals surface area contributed by atoms with Crippen molar-refractivity contribution in [1.82, 2.24) is 4.90 Å². The van der Waals surface area contributed by atoms with Gasteiger partial charge in [-0.3, -0.25) is 4.79 Å². The van der Waals surface area contributed by atoms with Crippen molar-refractivity contribution < 1.29 is 9.53 Å². The van der Waals surface area contributed by atoms with Crippen molar-refractivity contribution in [3.63, 3.8) is 0 Å². The summed E-state index contributed by atoms with van der Waals surface area (Å²) < 4.78 is 5.52. The molecule has 7 heteroatoms. The van der Waals surface area contributed by atoms with Crippen LogP contribution in [-0.2, 0) is 4.79 Å². The molecule has 0 saturated carbocycles. The molecule has 0 aromatic heterocycles. The minimum absolute atomic E-state index is 0. The first-order valence-electron chi connectivity index (χ1n) is 6.69. The van der Waals surface area contributed by atoms with Crippen LogP contribution >= 0.6 is 35.6 Å². The van der Waals surface area contributed by atoms with Crippen molar-refractivity contribution in [2.45, 2.75) is 25.3 Å². The van der Waals surface area contributed by atoms with E-state index in [4.69, 9.17) is 33.7 Å². The van der Waals surface area contributed by atoms with Gasteiger partial charge in [-0.1, -0.05) is 23.2 Å². The number of rotatable bonds is 5. The third kappa shape index (κ3) is 4.92. The highest BCUT2D eigenvalue weighted by atomic mass is 35.5. The van der Waals surface area contributed by atoms with E-state index in [1.54, 1.807) is 18.2 Å². The number of halogens is 3. The summed E-state index contributed by atoms with van der Waals surface area (Å²) in [5, 5.41) is 1.01. The third-order valence-corrected chi connectivity index (χ3v) is 3.97. The summed E-state index contributed by atoms with van der Waals surface area (Å²) in [7, 11) is 0. The fraction of sp³-hybridized carbons (Fsp3) is 0.500. The number of amides is 1. The van der Waals surface area contributed by atoms with Gasteiger partial charge in [-0.25, -0.2) is 0 Å². The number of ether oxygens (including phenoxy) is 1. The topological polar surface area (TPSA) is 55.6 Å². The second-order valence-corrected chi connectivity index (χ2v) is 5.64. The number of carbonyl (C=O) groups is 1. The summed E-state index contributed by atoms with van der Waals surface area (Å²) in [4.78, 5) is 13.9. The van der Waals surface area contributed by atoms with Gasteiger partial charge in [0.05, 0.1) is 18.1 Å². The average molecular weight is 354 g/mol. The molecule has 21 heavy (non-hydrogen) atoms. The summed E-state index contributed by atoms with van der Waals surface area (Å²) in [6.45, 7) is 1.62. The van der Waals surface area contributed by atoms with Crippen LogP contribution in [0.15, 0.2) is 18.2 Å². The lowest BCUT2D eigenvalue weighted by Crippen LogP contribution is -2.40. The highest BCUT2D eigenvalue weighted by molar-refractivity contribution is 6.35. The largest absolute Gasteiger partial charge is 0.491 e. The van der Waals surface area contributed by atoms with Crippen molar-refractivity contribution in [2.24, 2.45) is 5.73 Å². The van der Waals surface area contributed by atoms with Crippen LogP contribution in [0, 0.1) is 0 Å². The maximum atomic E-state index is 12.1. The molecule has 118 valence electrons. The highest BCUT2D eigenvalue weighted by Gasteiger charge is 2.27. The number of hydrogen-bond donors (Lipinski definition) is 1. The summed E-state index contributed by atoms with van der Waals surface area (Å²) in [6, 6.07) is 5.20. The van der Waals surface area contributed by atoms with Crippen LogP contribution in [0.1, 0.15) is 19.3 Å². The fourth-order valence-corrected chi connectivity index (χ4v) is 2.86. The van der Waals surface area contributed by atoms with Crippen molar-refractivity contribution in [3.05, 3.63) is 28.2 Å². The van der Waals surface area contributed by atoms with Crippen LogP contribution in [0.3, 0.4) is 0 Å². The van der Waals surface area contributed by atoms with E-state index in [2.05, 4.69) is 0 Å². The Hall–Kier alpha value is -0.680. The lowest BCUT2D eigenvalue weighted by Gasteiger charge is -2.23. The Morgan fingerprint density at radius 3 is 2.86 bits per heavy atom. The normalized spacial score (nSPS) is 17.5. The van der Waals surface area contributed by atoms with Crippen LogP contribution in [-0.4, -0.2) is 36.5 Å². The van der Waals surface area contributed by atoms with E-state index in [1.807, 2.05) is 4.90 Å². The maximum absolute atomic E-state index is 12.1. The first-order valence-corrected chi connectivity index (χ1v) is 7.45. The number of benzene rings is 1. The quantitative estimate of drug-likeness (QED) is 0.885. The van der Waals surface area contributed by atoms with Gasteiger partial charge in [-0.2, -0.15) is 0 Å². The van der Waals surface area contributed by atoms with Crippen molar-refractivity contribution >= 4 is 41.5 Å². The highest BCUT2D eigenvalue weighted by Crippen LogP contribution is 2.27. The molecule has 1 unspecified atom stereocenters. The zero-order valence-corrected chi connectivity index (χ0v) is 13.9. The molecule has 4 nitrogen and oxygen atoms in total. The van der Waals surface area contributed by atoms with Gasteiger partial charge in [-0.15, -0.1) is 12.4 Å². The maximum Gasteiger partial charge on any atom is 0.226 e. The van der Waals surface area contributed by atoms with Crippen LogP contribution in [0.4, 0.5) is 0 Å². The van der Waals surface area contributed by atoms with Gasteiger partial charge >= 0.3 is 0 Å². The van der Waals surface area contributed by atoms with Crippen LogP contribution in [0.25, 0.3) is 0 Å². The van der Waals surface area contributed by atoms with Crippen LogP contribution in [0.2, 0.25) is 10.0 Å². The summed E-state index contributed by atoms with van der Waals surface area (Å²) >= 11 is 11.8. The van der Waals surface area contributed by atoms with Gasteiger partial charge in [-0.05, 0) is 31.0 Å². The third-order valence-electron chi connectivity index (χ3n) is 3.44. The van der Waals surface area contributed by atoms with Crippen molar-refractivity contribution in [1.29, 1.82) is 0 Å². The van der Waals surface area contributed by atoms with Gasteiger partial charge in [0.2, 0.25) is 5.91 Å². The lowest BCUT2D eigenvalue weighted by atomic mass is 10.2. The van der Waals surface area contributed by atoms with E-state index in [1.165, 1.54) is 0 Å². The molecule has 1 aliphatic rings. The molecule has 1 aromatic rings. The van der Waals surface area contributed by atoms with E-state index in [0.29, 0.717) is 35.4 Å². The SMILES string of the molecule is Cl.NCC1CCCN1C(=O)CCOc1ccc(Cl)cc1Cl. The molecule has 0 spiro atoms. The Morgan fingerprint density at radius 2 is 2.19 bits per heavy atom. The monoisotopic (exact) mass is 352 g/mol. The smallest absolute Gasteiger partial charge is 0.226 e.